The molecule has 0 aromatic carbocycles. The molecule has 3 atom stereocenters. The van der Waals surface area contributed by atoms with E-state index in [-0.39, 0.29) is 0 Å². The summed E-state index contributed by atoms with van der Waals surface area (Å²) in [6.07, 6.45) is 4.10. The van der Waals surface area contributed by atoms with Crippen molar-refractivity contribution in [3.8, 4) is 0 Å². The first kappa shape index (κ1) is 16.4. The Kier molecular flexibility index (Phi) is 5.76. The molecule has 5 heteroatoms. The van der Waals surface area contributed by atoms with Crippen molar-refractivity contribution >= 4 is 0 Å². The number of rotatable bonds is 5. The first-order chi connectivity index (χ1) is 10.0. The highest BCUT2D eigenvalue weighted by Crippen LogP contribution is 2.18. The molecule has 1 saturated heterocycles. The Morgan fingerprint density at radius 2 is 2.14 bits per heavy atom. The summed E-state index contributed by atoms with van der Waals surface area (Å²) in [5.74, 6) is 1.79. The molecule has 1 aliphatic rings. The molecule has 21 heavy (non-hydrogen) atoms. The Morgan fingerprint density at radius 3 is 2.81 bits per heavy atom. The summed E-state index contributed by atoms with van der Waals surface area (Å²) < 4.78 is 2.04. The first-order valence-electron chi connectivity index (χ1n) is 8.38. The summed E-state index contributed by atoms with van der Waals surface area (Å²) in [6, 6.07) is 1.53. The second-order valence-electron chi connectivity index (χ2n) is 6.73. The topological polar surface area (TPSA) is 46.0 Å². The van der Waals surface area contributed by atoms with Crippen LogP contribution in [0.25, 0.3) is 0 Å². The molecule has 0 saturated carbocycles. The highest BCUT2D eigenvalue weighted by atomic mass is 15.4. The lowest BCUT2D eigenvalue weighted by atomic mass is 9.99. The Hall–Kier alpha value is -0.940. The van der Waals surface area contributed by atoms with E-state index in [1.807, 2.05) is 4.68 Å². The number of hydrogen-bond acceptors (Lipinski definition) is 4. The third kappa shape index (κ3) is 4.04. The van der Waals surface area contributed by atoms with Crippen LogP contribution in [0.2, 0.25) is 0 Å². The molecule has 1 aliphatic heterocycles. The van der Waals surface area contributed by atoms with Crippen molar-refractivity contribution in [3.63, 3.8) is 0 Å². The molecule has 0 spiro atoms. The minimum Gasteiger partial charge on any atom is -0.312 e. The second kappa shape index (κ2) is 7.36. The van der Waals surface area contributed by atoms with Crippen molar-refractivity contribution in [2.45, 2.75) is 72.1 Å². The van der Waals surface area contributed by atoms with Crippen LogP contribution in [0, 0.1) is 5.92 Å². The lowest BCUT2D eigenvalue weighted by Gasteiger charge is -2.31. The van der Waals surface area contributed by atoms with Crippen molar-refractivity contribution < 1.29 is 0 Å². The van der Waals surface area contributed by atoms with Gasteiger partial charge in [0.15, 0.2) is 0 Å². The average molecular weight is 293 g/mol. The van der Waals surface area contributed by atoms with E-state index in [1.165, 1.54) is 12.8 Å². The van der Waals surface area contributed by atoms with Gasteiger partial charge in [0.05, 0.1) is 6.54 Å². The fraction of sp³-hybridized carbons (Fsp3) is 0.875. The third-order valence-corrected chi connectivity index (χ3v) is 4.83. The van der Waals surface area contributed by atoms with E-state index in [0.29, 0.717) is 24.0 Å². The molecule has 0 aliphatic carbocycles. The van der Waals surface area contributed by atoms with Crippen LogP contribution in [0.3, 0.4) is 0 Å². The average Bonchev–Trinajstić information content (AvgIpc) is 2.84. The molecule has 120 valence electrons. The molecule has 0 bridgehead atoms. The van der Waals surface area contributed by atoms with Crippen LogP contribution in [0.15, 0.2) is 6.33 Å². The summed E-state index contributed by atoms with van der Waals surface area (Å²) in [5, 5.41) is 8.09. The van der Waals surface area contributed by atoms with Gasteiger partial charge in [0.25, 0.3) is 0 Å². The van der Waals surface area contributed by atoms with Gasteiger partial charge >= 0.3 is 0 Å². The van der Waals surface area contributed by atoms with Gasteiger partial charge in [-0.2, -0.15) is 5.10 Å². The van der Waals surface area contributed by atoms with Gasteiger partial charge in [0.2, 0.25) is 0 Å². The maximum Gasteiger partial charge on any atom is 0.141 e. The van der Waals surface area contributed by atoms with Gasteiger partial charge in [-0.3, -0.25) is 4.90 Å². The predicted molar refractivity (Wildman–Crippen MR) is 86.1 cm³/mol. The molecular weight excluding hydrogens is 262 g/mol. The van der Waals surface area contributed by atoms with Gasteiger partial charge < -0.3 is 5.32 Å². The van der Waals surface area contributed by atoms with Crippen LogP contribution in [-0.4, -0.2) is 44.8 Å². The molecule has 0 amide bonds. The summed E-state index contributed by atoms with van der Waals surface area (Å²) in [7, 11) is 0. The van der Waals surface area contributed by atoms with E-state index in [9.17, 15) is 0 Å². The van der Waals surface area contributed by atoms with E-state index in [4.69, 9.17) is 0 Å². The monoisotopic (exact) mass is 293 g/mol. The summed E-state index contributed by atoms with van der Waals surface area (Å²) in [4.78, 5) is 7.05. The van der Waals surface area contributed by atoms with Crippen molar-refractivity contribution in [3.05, 3.63) is 12.2 Å². The number of hydrogen-bond donors (Lipinski definition) is 1. The highest BCUT2D eigenvalue weighted by Gasteiger charge is 2.26. The normalized spacial score (nSPS) is 26.0. The zero-order chi connectivity index (χ0) is 15.4. The fourth-order valence-corrected chi connectivity index (χ4v) is 3.04. The number of nitrogens with zero attached hydrogens (tertiary/aromatic N) is 4. The summed E-state index contributed by atoms with van der Waals surface area (Å²) >= 11 is 0. The Labute approximate surface area is 129 Å². The molecule has 1 aromatic heterocycles. The van der Waals surface area contributed by atoms with Crippen molar-refractivity contribution in [2.75, 3.05) is 13.1 Å². The van der Waals surface area contributed by atoms with Crippen LogP contribution in [-0.2, 0) is 6.54 Å². The zero-order valence-electron chi connectivity index (χ0n) is 14.2. The summed E-state index contributed by atoms with van der Waals surface area (Å²) in [6.45, 7) is 14.4. The Morgan fingerprint density at radius 1 is 1.38 bits per heavy atom. The lowest BCUT2D eigenvalue weighted by Crippen LogP contribution is -2.43. The Balaban J connectivity index is 2.09. The standard InChI is InChI=1S/C16H31N5/c1-6-13(4)15-9-20(14(5)7-8-17-15)10-16-18-11-19-21(16)12(2)3/h11-15,17H,6-10H2,1-5H3. The fourth-order valence-electron chi connectivity index (χ4n) is 3.04. The molecule has 2 heterocycles. The van der Waals surface area contributed by atoms with Crippen LogP contribution in [0.1, 0.15) is 59.3 Å². The maximum absolute atomic E-state index is 4.48. The molecule has 0 radical (unpaired) electrons. The SMILES string of the molecule is CCC(C)C1CN(Cc2ncnn2C(C)C)C(C)CCN1. The van der Waals surface area contributed by atoms with E-state index in [2.05, 4.69) is 54.9 Å². The van der Waals surface area contributed by atoms with Gasteiger partial charge in [-0.25, -0.2) is 9.67 Å². The van der Waals surface area contributed by atoms with Gasteiger partial charge in [-0.1, -0.05) is 20.3 Å². The zero-order valence-corrected chi connectivity index (χ0v) is 14.2. The largest absolute Gasteiger partial charge is 0.312 e. The van der Waals surface area contributed by atoms with Crippen molar-refractivity contribution in [1.29, 1.82) is 0 Å². The molecular formula is C16H31N5. The van der Waals surface area contributed by atoms with Crippen LogP contribution < -0.4 is 5.32 Å². The smallest absolute Gasteiger partial charge is 0.141 e. The predicted octanol–water partition coefficient (Wildman–Crippen LogP) is 2.46. The minimum atomic E-state index is 0.369. The van der Waals surface area contributed by atoms with Gasteiger partial charge in [0, 0.05) is 24.7 Å². The quantitative estimate of drug-likeness (QED) is 0.906. The van der Waals surface area contributed by atoms with Gasteiger partial charge in [-0.05, 0) is 39.7 Å². The van der Waals surface area contributed by atoms with E-state index in [1.54, 1.807) is 6.33 Å². The minimum absolute atomic E-state index is 0.369. The molecule has 5 nitrogen and oxygen atoms in total. The second-order valence-corrected chi connectivity index (χ2v) is 6.73. The molecule has 1 aromatic rings. The number of nitrogens with one attached hydrogen (secondary N) is 1. The van der Waals surface area contributed by atoms with E-state index >= 15 is 0 Å². The van der Waals surface area contributed by atoms with Crippen LogP contribution in [0.5, 0.6) is 0 Å². The Bertz CT molecular complexity index is 428. The van der Waals surface area contributed by atoms with Crippen molar-refractivity contribution in [1.82, 2.24) is 25.0 Å². The third-order valence-electron chi connectivity index (χ3n) is 4.83. The van der Waals surface area contributed by atoms with Crippen LogP contribution in [0.4, 0.5) is 0 Å². The lowest BCUT2D eigenvalue weighted by molar-refractivity contribution is 0.172. The number of aromatic nitrogens is 3. The first-order valence-corrected chi connectivity index (χ1v) is 8.38. The highest BCUT2D eigenvalue weighted by molar-refractivity contribution is 4.91. The van der Waals surface area contributed by atoms with E-state index in [0.717, 1.165) is 25.5 Å². The molecule has 2 rings (SSSR count). The van der Waals surface area contributed by atoms with Gasteiger partial charge in [0.1, 0.15) is 12.2 Å². The molecule has 1 fully saturated rings. The van der Waals surface area contributed by atoms with Gasteiger partial charge in [-0.15, -0.1) is 0 Å². The molecule has 1 N–H and O–H groups in total. The van der Waals surface area contributed by atoms with Crippen LogP contribution >= 0.6 is 0 Å². The molecule has 3 unspecified atom stereocenters. The van der Waals surface area contributed by atoms with Crippen molar-refractivity contribution in [2.24, 2.45) is 5.92 Å². The van der Waals surface area contributed by atoms with E-state index < -0.39 is 0 Å². The maximum atomic E-state index is 4.48. The summed E-state index contributed by atoms with van der Waals surface area (Å²) in [5.41, 5.74) is 0.